The predicted octanol–water partition coefficient (Wildman–Crippen LogP) is 3.32. The SMILES string of the molecule is COC(=O)[C@H](Cc1ccc(O)cc1)NC(=O)Nc1cccc(C(F)(F)F)c1. The number of esters is 1. The molecule has 2 aromatic rings. The minimum atomic E-state index is -4.54. The van der Waals surface area contributed by atoms with Crippen LogP contribution >= 0.6 is 0 Å². The molecule has 2 rings (SSSR count). The summed E-state index contributed by atoms with van der Waals surface area (Å²) in [7, 11) is 1.15. The van der Waals surface area contributed by atoms with Gasteiger partial charge in [-0.05, 0) is 35.9 Å². The molecule has 0 heterocycles. The summed E-state index contributed by atoms with van der Waals surface area (Å²) < 4.78 is 42.8. The van der Waals surface area contributed by atoms with Gasteiger partial charge in [0.15, 0.2) is 0 Å². The number of nitrogens with one attached hydrogen (secondary N) is 2. The Morgan fingerprint density at radius 3 is 2.41 bits per heavy atom. The van der Waals surface area contributed by atoms with Gasteiger partial charge in [-0.15, -0.1) is 0 Å². The number of phenols is 1. The molecule has 2 aromatic carbocycles. The second kappa shape index (κ2) is 8.43. The van der Waals surface area contributed by atoms with Crippen LogP contribution in [-0.2, 0) is 22.1 Å². The fourth-order valence-corrected chi connectivity index (χ4v) is 2.30. The number of urea groups is 1. The van der Waals surface area contributed by atoms with Gasteiger partial charge in [0, 0.05) is 12.1 Å². The fraction of sp³-hybridized carbons (Fsp3) is 0.222. The van der Waals surface area contributed by atoms with Crippen molar-refractivity contribution < 1.29 is 32.6 Å². The molecule has 27 heavy (non-hydrogen) atoms. The van der Waals surface area contributed by atoms with E-state index in [4.69, 9.17) is 0 Å². The van der Waals surface area contributed by atoms with Crippen LogP contribution in [0.5, 0.6) is 5.75 Å². The van der Waals surface area contributed by atoms with Gasteiger partial charge in [0.2, 0.25) is 0 Å². The minimum absolute atomic E-state index is 0.0450. The predicted molar refractivity (Wildman–Crippen MR) is 91.2 cm³/mol. The van der Waals surface area contributed by atoms with Gasteiger partial charge in [0.1, 0.15) is 11.8 Å². The zero-order chi connectivity index (χ0) is 20.0. The van der Waals surface area contributed by atoms with Crippen LogP contribution in [0.2, 0.25) is 0 Å². The van der Waals surface area contributed by atoms with Crippen molar-refractivity contribution in [2.45, 2.75) is 18.6 Å². The maximum atomic E-state index is 12.7. The molecule has 0 bridgehead atoms. The average molecular weight is 382 g/mol. The Hall–Kier alpha value is -3.23. The van der Waals surface area contributed by atoms with E-state index in [9.17, 15) is 27.9 Å². The Morgan fingerprint density at radius 2 is 1.81 bits per heavy atom. The second-order valence-corrected chi connectivity index (χ2v) is 5.62. The number of anilines is 1. The van der Waals surface area contributed by atoms with Crippen LogP contribution in [0, 0.1) is 0 Å². The Bertz CT molecular complexity index is 807. The lowest BCUT2D eigenvalue weighted by molar-refractivity contribution is -0.142. The van der Waals surface area contributed by atoms with Gasteiger partial charge in [-0.1, -0.05) is 18.2 Å². The summed E-state index contributed by atoms with van der Waals surface area (Å²) in [5.41, 5.74) is -0.341. The van der Waals surface area contributed by atoms with E-state index in [-0.39, 0.29) is 17.9 Å². The monoisotopic (exact) mass is 382 g/mol. The van der Waals surface area contributed by atoms with E-state index in [0.717, 1.165) is 25.3 Å². The smallest absolute Gasteiger partial charge is 0.416 e. The molecule has 0 aliphatic rings. The first-order valence-electron chi connectivity index (χ1n) is 7.79. The Balaban J connectivity index is 2.07. The van der Waals surface area contributed by atoms with E-state index in [0.29, 0.717) is 5.56 Å². The number of benzene rings is 2. The number of amides is 2. The molecule has 0 radical (unpaired) electrons. The highest BCUT2D eigenvalue weighted by atomic mass is 19.4. The van der Waals surface area contributed by atoms with Gasteiger partial charge >= 0.3 is 18.2 Å². The van der Waals surface area contributed by atoms with Gasteiger partial charge in [0.25, 0.3) is 0 Å². The van der Waals surface area contributed by atoms with Crippen molar-refractivity contribution in [3.8, 4) is 5.75 Å². The number of halogens is 3. The molecule has 3 N–H and O–H groups in total. The number of hydrogen-bond acceptors (Lipinski definition) is 4. The number of phenolic OH excluding ortho intramolecular Hbond substituents is 1. The number of rotatable bonds is 5. The topological polar surface area (TPSA) is 87.7 Å². The molecule has 0 saturated carbocycles. The van der Waals surface area contributed by atoms with Crippen LogP contribution in [-0.4, -0.2) is 30.3 Å². The van der Waals surface area contributed by atoms with Gasteiger partial charge in [-0.25, -0.2) is 9.59 Å². The summed E-state index contributed by atoms with van der Waals surface area (Å²) in [6, 6.07) is 8.18. The number of alkyl halides is 3. The van der Waals surface area contributed by atoms with Crippen molar-refractivity contribution in [2.75, 3.05) is 12.4 Å². The molecule has 0 aliphatic heterocycles. The Morgan fingerprint density at radius 1 is 1.15 bits per heavy atom. The Kier molecular flexibility index (Phi) is 6.27. The van der Waals surface area contributed by atoms with Crippen molar-refractivity contribution in [1.82, 2.24) is 5.32 Å². The van der Waals surface area contributed by atoms with E-state index < -0.39 is 29.8 Å². The van der Waals surface area contributed by atoms with E-state index in [1.54, 1.807) is 12.1 Å². The lowest BCUT2D eigenvalue weighted by Crippen LogP contribution is -2.45. The third kappa shape index (κ3) is 5.91. The molecule has 0 saturated heterocycles. The van der Waals surface area contributed by atoms with E-state index >= 15 is 0 Å². The van der Waals surface area contributed by atoms with Crippen LogP contribution in [0.15, 0.2) is 48.5 Å². The molecule has 0 aliphatic carbocycles. The van der Waals surface area contributed by atoms with Crippen molar-refractivity contribution >= 4 is 17.7 Å². The highest BCUT2D eigenvalue weighted by Crippen LogP contribution is 2.30. The first-order chi connectivity index (χ1) is 12.7. The normalized spacial score (nSPS) is 12.1. The van der Waals surface area contributed by atoms with Gasteiger partial charge in [0.05, 0.1) is 12.7 Å². The summed E-state index contributed by atoms with van der Waals surface area (Å²) in [6.45, 7) is 0. The van der Waals surface area contributed by atoms with Gasteiger partial charge in [-0.3, -0.25) is 0 Å². The highest BCUT2D eigenvalue weighted by molar-refractivity contribution is 5.92. The largest absolute Gasteiger partial charge is 0.508 e. The standard InChI is InChI=1S/C18H17F3N2O4/c1-27-16(25)15(9-11-5-7-14(24)8-6-11)23-17(26)22-13-4-2-3-12(10-13)18(19,20)21/h2-8,10,15,24H,9H2,1H3,(H2,22,23,26)/t15-/m0/s1. The lowest BCUT2D eigenvalue weighted by atomic mass is 10.1. The first-order valence-corrected chi connectivity index (χ1v) is 7.79. The molecule has 9 heteroatoms. The number of hydrogen-bond donors (Lipinski definition) is 3. The molecule has 0 fully saturated rings. The van der Waals surface area contributed by atoms with E-state index in [1.807, 2.05) is 0 Å². The fourth-order valence-electron chi connectivity index (χ4n) is 2.30. The summed E-state index contributed by atoms with van der Waals surface area (Å²) in [4.78, 5) is 24.0. The summed E-state index contributed by atoms with van der Waals surface area (Å²) >= 11 is 0. The van der Waals surface area contributed by atoms with Crippen LogP contribution in [0.3, 0.4) is 0 Å². The maximum absolute atomic E-state index is 12.7. The Labute approximate surface area is 153 Å². The number of carbonyl (C=O) groups excluding carboxylic acids is 2. The van der Waals surface area contributed by atoms with Crippen LogP contribution in [0.25, 0.3) is 0 Å². The molecule has 144 valence electrons. The van der Waals surface area contributed by atoms with Gasteiger partial charge in [-0.2, -0.15) is 13.2 Å². The molecule has 0 unspecified atom stereocenters. The second-order valence-electron chi connectivity index (χ2n) is 5.62. The average Bonchev–Trinajstić information content (AvgIpc) is 2.61. The van der Waals surface area contributed by atoms with Crippen molar-refractivity contribution in [1.29, 1.82) is 0 Å². The molecular weight excluding hydrogens is 365 g/mol. The van der Waals surface area contributed by atoms with Crippen molar-refractivity contribution in [2.24, 2.45) is 0 Å². The number of aromatic hydroxyl groups is 1. The first kappa shape index (κ1) is 20.1. The van der Waals surface area contributed by atoms with Crippen molar-refractivity contribution in [3.63, 3.8) is 0 Å². The molecule has 2 amide bonds. The number of carbonyl (C=O) groups is 2. The minimum Gasteiger partial charge on any atom is -0.508 e. The maximum Gasteiger partial charge on any atom is 0.416 e. The molecular formula is C18H17F3N2O4. The van der Waals surface area contributed by atoms with E-state index in [1.165, 1.54) is 18.2 Å². The molecule has 6 nitrogen and oxygen atoms in total. The van der Waals surface area contributed by atoms with E-state index in [2.05, 4.69) is 15.4 Å². The van der Waals surface area contributed by atoms with Crippen LogP contribution < -0.4 is 10.6 Å². The summed E-state index contributed by atoms with van der Waals surface area (Å²) in [5.74, 6) is -0.675. The number of methoxy groups -OCH3 is 1. The molecule has 0 aromatic heterocycles. The van der Waals surface area contributed by atoms with Gasteiger partial charge < -0.3 is 20.5 Å². The zero-order valence-corrected chi connectivity index (χ0v) is 14.2. The zero-order valence-electron chi connectivity index (χ0n) is 14.2. The summed E-state index contributed by atoms with van der Waals surface area (Å²) in [5, 5.41) is 13.9. The number of ether oxygens (including phenoxy) is 1. The van der Waals surface area contributed by atoms with Crippen LogP contribution in [0.4, 0.5) is 23.7 Å². The summed E-state index contributed by atoms with van der Waals surface area (Å²) in [6.07, 6.45) is -4.47. The third-order valence-corrected chi connectivity index (χ3v) is 3.61. The van der Waals surface area contributed by atoms with Crippen LogP contribution in [0.1, 0.15) is 11.1 Å². The molecule has 1 atom stereocenters. The highest BCUT2D eigenvalue weighted by Gasteiger charge is 2.30. The lowest BCUT2D eigenvalue weighted by Gasteiger charge is -2.17. The third-order valence-electron chi connectivity index (χ3n) is 3.61. The quantitative estimate of drug-likeness (QED) is 0.693. The molecule has 0 spiro atoms. The van der Waals surface area contributed by atoms with Crippen molar-refractivity contribution in [3.05, 3.63) is 59.7 Å².